The number of aldehydes is 1. The Morgan fingerprint density at radius 2 is 1.96 bits per heavy atom. The minimum absolute atomic E-state index is 0.143. The minimum atomic E-state index is -0.532. The lowest BCUT2D eigenvalue weighted by Gasteiger charge is -2.08. The van der Waals surface area contributed by atoms with E-state index in [1.54, 1.807) is 19.9 Å². The van der Waals surface area contributed by atoms with E-state index in [-0.39, 0.29) is 17.2 Å². The number of nitro benzene ring substituents is 1. The van der Waals surface area contributed by atoms with Gasteiger partial charge in [0.1, 0.15) is 0 Å². The maximum Gasteiger partial charge on any atom is 0.305 e. The zero-order chi connectivity index (χ0) is 17.2. The van der Waals surface area contributed by atoms with Gasteiger partial charge in [-0.1, -0.05) is 18.9 Å². The maximum absolute atomic E-state index is 11.2. The smallest absolute Gasteiger partial charge is 0.305 e. The van der Waals surface area contributed by atoms with Gasteiger partial charge in [-0.2, -0.15) is 0 Å². The van der Waals surface area contributed by atoms with E-state index in [1.165, 1.54) is 6.07 Å². The fourth-order valence-electron chi connectivity index (χ4n) is 2.51. The van der Waals surface area contributed by atoms with Crippen molar-refractivity contribution in [1.29, 1.82) is 0 Å². The Morgan fingerprint density at radius 1 is 1.26 bits per heavy atom. The molecule has 0 atom stereocenters. The highest BCUT2D eigenvalue weighted by atomic mass is 16.6. The van der Waals surface area contributed by atoms with Crippen LogP contribution in [0.1, 0.15) is 60.5 Å². The van der Waals surface area contributed by atoms with Crippen LogP contribution in [0.3, 0.4) is 0 Å². The summed E-state index contributed by atoms with van der Waals surface area (Å²) in [4.78, 5) is 32.6. The number of nitro groups is 1. The highest BCUT2D eigenvalue weighted by Crippen LogP contribution is 2.24. The normalized spacial score (nSPS) is 10.3. The van der Waals surface area contributed by atoms with Gasteiger partial charge in [0.2, 0.25) is 0 Å². The van der Waals surface area contributed by atoms with Crippen LogP contribution < -0.4 is 0 Å². The van der Waals surface area contributed by atoms with Crippen LogP contribution in [0.25, 0.3) is 0 Å². The van der Waals surface area contributed by atoms with Crippen LogP contribution in [0.5, 0.6) is 0 Å². The summed E-state index contributed by atoms with van der Waals surface area (Å²) in [5, 5.41) is 10.9. The fraction of sp³-hybridized carbons (Fsp3) is 0.529. The van der Waals surface area contributed by atoms with Gasteiger partial charge in [0.15, 0.2) is 6.29 Å². The Kier molecular flexibility index (Phi) is 7.94. The molecular formula is C17H23NO5. The SMILES string of the molecule is CCOC(=O)CCCCCCc1ccc([N+](=O)[O-])c(C=O)c1C. The van der Waals surface area contributed by atoms with E-state index in [4.69, 9.17) is 4.74 Å². The lowest BCUT2D eigenvalue weighted by molar-refractivity contribution is -0.385. The molecule has 0 fully saturated rings. The third-order valence-corrected chi connectivity index (χ3v) is 3.80. The van der Waals surface area contributed by atoms with Gasteiger partial charge in [0.05, 0.1) is 17.1 Å². The Balaban J connectivity index is 2.45. The van der Waals surface area contributed by atoms with E-state index in [0.29, 0.717) is 24.9 Å². The van der Waals surface area contributed by atoms with Crippen LogP contribution >= 0.6 is 0 Å². The van der Waals surface area contributed by atoms with Crippen molar-refractivity contribution in [3.8, 4) is 0 Å². The second kappa shape index (κ2) is 9.71. The lowest BCUT2D eigenvalue weighted by atomic mass is 9.96. The summed E-state index contributed by atoms with van der Waals surface area (Å²) in [6.45, 7) is 3.95. The predicted octanol–water partition coefficient (Wildman–Crippen LogP) is 3.77. The molecule has 0 aliphatic heterocycles. The lowest BCUT2D eigenvalue weighted by Crippen LogP contribution is -2.03. The molecule has 0 saturated heterocycles. The predicted molar refractivity (Wildman–Crippen MR) is 86.6 cm³/mol. The van der Waals surface area contributed by atoms with Crippen LogP contribution in [0.4, 0.5) is 5.69 Å². The third kappa shape index (κ3) is 5.81. The molecule has 0 N–H and O–H groups in total. The molecule has 1 rings (SSSR count). The fourth-order valence-corrected chi connectivity index (χ4v) is 2.51. The molecule has 6 heteroatoms. The van der Waals surface area contributed by atoms with Crippen molar-refractivity contribution < 1.29 is 19.2 Å². The first-order valence-corrected chi connectivity index (χ1v) is 7.88. The van der Waals surface area contributed by atoms with Crippen LogP contribution in [0.15, 0.2) is 12.1 Å². The van der Waals surface area contributed by atoms with E-state index in [1.807, 2.05) is 0 Å². The topological polar surface area (TPSA) is 86.5 Å². The highest BCUT2D eigenvalue weighted by Gasteiger charge is 2.17. The number of nitrogens with zero attached hydrogens (tertiary/aromatic N) is 1. The van der Waals surface area contributed by atoms with Crippen molar-refractivity contribution in [1.82, 2.24) is 0 Å². The number of aryl methyl sites for hydroxylation is 1. The number of carbonyl (C=O) groups excluding carboxylic acids is 2. The number of esters is 1. The van der Waals surface area contributed by atoms with Gasteiger partial charge in [-0.15, -0.1) is 0 Å². The standard InChI is InChI=1S/C17H23NO5/c1-3-23-17(20)9-7-5-4-6-8-14-10-11-16(18(21)22)15(12-19)13(14)2/h10-12H,3-9H2,1-2H3. The van der Waals surface area contributed by atoms with Gasteiger partial charge in [-0.25, -0.2) is 0 Å². The molecule has 0 aliphatic rings. The molecule has 0 aliphatic carbocycles. The molecule has 1 aromatic rings. The Labute approximate surface area is 136 Å². The first-order chi connectivity index (χ1) is 11.0. The average Bonchev–Trinajstić information content (AvgIpc) is 2.51. The van der Waals surface area contributed by atoms with Crippen LogP contribution in [-0.2, 0) is 16.0 Å². The molecule has 0 heterocycles. The first-order valence-electron chi connectivity index (χ1n) is 7.88. The van der Waals surface area contributed by atoms with Gasteiger partial charge in [-0.05, 0) is 44.2 Å². The van der Waals surface area contributed by atoms with Gasteiger partial charge >= 0.3 is 5.97 Å². The monoisotopic (exact) mass is 321 g/mol. The maximum atomic E-state index is 11.2. The number of rotatable bonds is 10. The van der Waals surface area contributed by atoms with Crippen molar-refractivity contribution in [2.75, 3.05) is 6.61 Å². The highest BCUT2D eigenvalue weighted by molar-refractivity contribution is 5.84. The molecule has 0 spiro atoms. The number of unbranched alkanes of at least 4 members (excludes halogenated alkanes) is 3. The molecule has 0 aromatic heterocycles. The van der Waals surface area contributed by atoms with Gasteiger partial charge < -0.3 is 4.74 Å². The zero-order valence-corrected chi connectivity index (χ0v) is 13.7. The molecular weight excluding hydrogens is 298 g/mol. The zero-order valence-electron chi connectivity index (χ0n) is 13.7. The van der Waals surface area contributed by atoms with Crippen molar-refractivity contribution >= 4 is 17.9 Å². The van der Waals surface area contributed by atoms with Crippen LogP contribution in [0.2, 0.25) is 0 Å². The number of carbonyl (C=O) groups is 2. The summed E-state index contributed by atoms with van der Waals surface area (Å²) in [5.41, 5.74) is 1.66. The molecule has 6 nitrogen and oxygen atoms in total. The summed E-state index contributed by atoms with van der Waals surface area (Å²) in [5.74, 6) is -0.158. The first kappa shape index (κ1) is 18.8. The van der Waals surface area contributed by atoms with Crippen molar-refractivity contribution in [3.05, 3.63) is 38.9 Å². The largest absolute Gasteiger partial charge is 0.466 e. The average molecular weight is 321 g/mol. The third-order valence-electron chi connectivity index (χ3n) is 3.80. The van der Waals surface area contributed by atoms with Crippen molar-refractivity contribution in [2.24, 2.45) is 0 Å². The molecule has 23 heavy (non-hydrogen) atoms. The Morgan fingerprint density at radius 3 is 2.57 bits per heavy atom. The Hall–Kier alpha value is -2.24. The molecule has 0 unspecified atom stereocenters. The summed E-state index contributed by atoms with van der Waals surface area (Å²) >= 11 is 0. The Bertz CT molecular complexity index is 568. The number of ether oxygens (including phenoxy) is 1. The molecule has 0 bridgehead atoms. The van der Waals surface area contributed by atoms with Crippen molar-refractivity contribution in [3.63, 3.8) is 0 Å². The second-order valence-corrected chi connectivity index (χ2v) is 5.38. The molecule has 1 aromatic carbocycles. The number of hydrogen-bond acceptors (Lipinski definition) is 5. The van der Waals surface area contributed by atoms with Gasteiger partial charge in [-0.3, -0.25) is 19.7 Å². The molecule has 126 valence electrons. The van der Waals surface area contributed by atoms with Crippen LogP contribution in [0, 0.1) is 17.0 Å². The second-order valence-electron chi connectivity index (χ2n) is 5.38. The van der Waals surface area contributed by atoms with E-state index >= 15 is 0 Å². The van der Waals surface area contributed by atoms with Crippen molar-refractivity contribution in [2.45, 2.75) is 52.4 Å². The van der Waals surface area contributed by atoms with E-state index in [2.05, 4.69) is 0 Å². The summed E-state index contributed by atoms with van der Waals surface area (Å²) in [7, 11) is 0. The number of benzene rings is 1. The molecule has 0 saturated carbocycles. The van der Waals surface area contributed by atoms with E-state index < -0.39 is 4.92 Å². The molecule has 0 amide bonds. The van der Waals surface area contributed by atoms with E-state index in [9.17, 15) is 19.7 Å². The quantitative estimate of drug-likeness (QED) is 0.215. The van der Waals surface area contributed by atoms with Gasteiger partial charge in [0.25, 0.3) is 5.69 Å². The van der Waals surface area contributed by atoms with E-state index in [0.717, 1.165) is 37.7 Å². The summed E-state index contributed by atoms with van der Waals surface area (Å²) < 4.78 is 4.86. The molecule has 0 radical (unpaired) electrons. The summed E-state index contributed by atoms with van der Waals surface area (Å²) in [6.07, 6.45) is 5.38. The van der Waals surface area contributed by atoms with Gasteiger partial charge in [0, 0.05) is 12.5 Å². The number of hydrogen-bond donors (Lipinski definition) is 0. The minimum Gasteiger partial charge on any atom is -0.466 e. The van der Waals surface area contributed by atoms with Crippen LogP contribution in [-0.4, -0.2) is 23.8 Å². The summed E-state index contributed by atoms with van der Waals surface area (Å²) in [6, 6.07) is 3.12.